The normalized spacial score (nSPS) is 16.0. The van der Waals surface area contributed by atoms with Gasteiger partial charge >= 0.3 is 0 Å². The van der Waals surface area contributed by atoms with E-state index in [9.17, 15) is 0 Å². The van der Waals surface area contributed by atoms with E-state index in [4.69, 9.17) is 23.7 Å². The highest BCUT2D eigenvalue weighted by Gasteiger charge is 2.16. The van der Waals surface area contributed by atoms with Gasteiger partial charge in [-0.25, -0.2) is 4.98 Å². The lowest BCUT2D eigenvalue weighted by Crippen LogP contribution is -2.33. The SMILES string of the molecule is COc1cc(OC[C@H]2COCCO2)nc(-c2ccc(OCc3ccccn3)cc2C)c1. The van der Waals surface area contributed by atoms with Crippen LogP contribution in [0.15, 0.2) is 54.7 Å². The number of hydrogen-bond acceptors (Lipinski definition) is 7. The Bertz CT molecular complexity index is 991. The molecule has 0 unspecified atom stereocenters. The Kier molecular flexibility index (Phi) is 6.96. The highest BCUT2D eigenvalue weighted by Crippen LogP contribution is 2.30. The van der Waals surface area contributed by atoms with Crippen molar-refractivity contribution in [3.63, 3.8) is 0 Å². The third-order valence-electron chi connectivity index (χ3n) is 4.90. The van der Waals surface area contributed by atoms with Crippen molar-refractivity contribution in [3.8, 4) is 28.6 Å². The maximum atomic E-state index is 5.88. The van der Waals surface area contributed by atoms with Crippen LogP contribution in [0, 0.1) is 6.92 Å². The van der Waals surface area contributed by atoms with Crippen LogP contribution in [-0.2, 0) is 16.1 Å². The summed E-state index contributed by atoms with van der Waals surface area (Å²) >= 11 is 0. The van der Waals surface area contributed by atoms with E-state index in [-0.39, 0.29) is 6.10 Å². The topological polar surface area (TPSA) is 71.9 Å². The second kappa shape index (κ2) is 10.2. The molecule has 1 aliphatic rings. The number of methoxy groups -OCH3 is 1. The van der Waals surface area contributed by atoms with Crippen molar-refractivity contribution in [1.82, 2.24) is 9.97 Å². The summed E-state index contributed by atoms with van der Waals surface area (Å²) in [7, 11) is 1.63. The van der Waals surface area contributed by atoms with Crippen molar-refractivity contribution in [1.29, 1.82) is 0 Å². The lowest BCUT2D eigenvalue weighted by molar-refractivity contribution is -0.102. The van der Waals surface area contributed by atoms with Gasteiger partial charge in [0, 0.05) is 23.9 Å². The van der Waals surface area contributed by atoms with Crippen LogP contribution in [0.1, 0.15) is 11.3 Å². The smallest absolute Gasteiger partial charge is 0.217 e. The lowest BCUT2D eigenvalue weighted by Gasteiger charge is -2.22. The first kappa shape index (κ1) is 21.1. The third-order valence-corrected chi connectivity index (χ3v) is 4.90. The van der Waals surface area contributed by atoms with Crippen LogP contribution in [-0.4, -0.2) is 49.6 Å². The minimum absolute atomic E-state index is 0.0949. The van der Waals surface area contributed by atoms with Gasteiger partial charge in [0.15, 0.2) is 0 Å². The van der Waals surface area contributed by atoms with Gasteiger partial charge < -0.3 is 23.7 Å². The molecule has 3 heterocycles. The Morgan fingerprint density at radius 3 is 2.71 bits per heavy atom. The largest absolute Gasteiger partial charge is 0.496 e. The molecular weight excluding hydrogens is 396 g/mol. The molecule has 1 aliphatic heterocycles. The number of hydrogen-bond donors (Lipinski definition) is 0. The molecule has 0 amide bonds. The molecule has 1 fully saturated rings. The van der Waals surface area contributed by atoms with Gasteiger partial charge in [0.2, 0.25) is 5.88 Å². The predicted octanol–water partition coefficient (Wildman–Crippen LogP) is 3.83. The number of rotatable bonds is 8. The molecule has 0 radical (unpaired) electrons. The van der Waals surface area contributed by atoms with E-state index in [1.54, 1.807) is 19.4 Å². The second-order valence-electron chi connectivity index (χ2n) is 7.20. The molecule has 4 rings (SSSR count). The minimum atomic E-state index is -0.0949. The Morgan fingerprint density at radius 2 is 1.97 bits per heavy atom. The zero-order chi connectivity index (χ0) is 21.5. The summed E-state index contributed by atoms with van der Waals surface area (Å²) < 4.78 is 28.3. The van der Waals surface area contributed by atoms with E-state index < -0.39 is 0 Å². The Morgan fingerprint density at radius 1 is 1.03 bits per heavy atom. The summed E-state index contributed by atoms with van der Waals surface area (Å²) in [5, 5.41) is 0. The van der Waals surface area contributed by atoms with E-state index in [2.05, 4.69) is 9.97 Å². The van der Waals surface area contributed by atoms with Gasteiger partial charge in [-0.3, -0.25) is 4.98 Å². The van der Waals surface area contributed by atoms with Gasteiger partial charge in [-0.15, -0.1) is 0 Å². The molecule has 7 heteroatoms. The van der Waals surface area contributed by atoms with Crippen LogP contribution < -0.4 is 14.2 Å². The van der Waals surface area contributed by atoms with Crippen LogP contribution in [0.3, 0.4) is 0 Å². The minimum Gasteiger partial charge on any atom is -0.496 e. The first-order chi connectivity index (χ1) is 15.2. The number of benzene rings is 1. The standard InChI is InChI=1S/C24H26N2O5/c1-17-11-19(30-14-18-5-3-4-8-25-18)6-7-22(17)23-12-20(27-2)13-24(26-23)31-16-21-15-28-9-10-29-21/h3-8,11-13,21H,9-10,14-16H2,1-2H3/t21-/m1/s1. The zero-order valence-corrected chi connectivity index (χ0v) is 17.7. The highest BCUT2D eigenvalue weighted by atomic mass is 16.6. The summed E-state index contributed by atoms with van der Waals surface area (Å²) in [6, 6.07) is 15.4. The molecule has 0 bridgehead atoms. The van der Waals surface area contributed by atoms with Crippen LogP contribution in [0.4, 0.5) is 0 Å². The number of aryl methyl sites for hydroxylation is 1. The third kappa shape index (κ3) is 5.71. The van der Waals surface area contributed by atoms with Crippen LogP contribution in [0.5, 0.6) is 17.4 Å². The van der Waals surface area contributed by atoms with Gasteiger partial charge in [0.1, 0.15) is 30.8 Å². The summed E-state index contributed by atoms with van der Waals surface area (Å²) in [5.74, 6) is 1.94. The first-order valence-corrected chi connectivity index (χ1v) is 10.2. The number of aromatic nitrogens is 2. The van der Waals surface area contributed by atoms with Crippen molar-refractivity contribution in [2.24, 2.45) is 0 Å². The molecule has 7 nitrogen and oxygen atoms in total. The molecule has 0 saturated carbocycles. The van der Waals surface area contributed by atoms with Crippen molar-refractivity contribution >= 4 is 0 Å². The molecule has 2 aromatic heterocycles. The van der Waals surface area contributed by atoms with Crippen molar-refractivity contribution in [2.75, 3.05) is 33.5 Å². The quantitative estimate of drug-likeness (QED) is 0.546. The fraction of sp³-hybridized carbons (Fsp3) is 0.333. The van der Waals surface area contributed by atoms with Crippen molar-refractivity contribution in [3.05, 3.63) is 66.0 Å². The monoisotopic (exact) mass is 422 g/mol. The van der Waals surface area contributed by atoms with Gasteiger partial charge in [0.25, 0.3) is 0 Å². The lowest BCUT2D eigenvalue weighted by atomic mass is 10.0. The highest BCUT2D eigenvalue weighted by molar-refractivity contribution is 5.66. The molecule has 162 valence electrons. The molecule has 0 aliphatic carbocycles. The van der Waals surface area contributed by atoms with Crippen LogP contribution in [0.2, 0.25) is 0 Å². The summed E-state index contributed by atoms with van der Waals surface area (Å²) in [4.78, 5) is 8.95. The van der Waals surface area contributed by atoms with Crippen LogP contribution in [0.25, 0.3) is 11.3 Å². The predicted molar refractivity (Wildman–Crippen MR) is 116 cm³/mol. The van der Waals surface area contributed by atoms with Gasteiger partial charge in [-0.1, -0.05) is 6.07 Å². The maximum Gasteiger partial charge on any atom is 0.217 e. The second-order valence-corrected chi connectivity index (χ2v) is 7.20. The average molecular weight is 422 g/mol. The fourth-order valence-electron chi connectivity index (χ4n) is 3.28. The first-order valence-electron chi connectivity index (χ1n) is 10.2. The Hall–Kier alpha value is -3.16. The molecule has 1 atom stereocenters. The van der Waals surface area contributed by atoms with Gasteiger partial charge in [0.05, 0.1) is 38.3 Å². The summed E-state index contributed by atoms with van der Waals surface area (Å²) in [6.45, 7) is 4.55. The van der Waals surface area contributed by atoms with E-state index in [0.29, 0.717) is 44.7 Å². The van der Waals surface area contributed by atoms with E-state index >= 15 is 0 Å². The number of pyridine rings is 2. The molecule has 0 N–H and O–H groups in total. The molecule has 31 heavy (non-hydrogen) atoms. The molecule has 3 aromatic rings. The van der Waals surface area contributed by atoms with E-state index in [1.165, 1.54) is 0 Å². The van der Waals surface area contributed by atoms with Crippen LogP contribution >= 0.6 is 0 Å². The maximum absolute atomic E-state index is 5.88. The van der Waals surface area contributed by atoms with E-state index in [1.807, 2.05) is 49.4 Å². The average Bonchev–Trinajstić information content (AvgIpc) is 2.82. The fourth-order valence-corrected chi connectivity index (χ4v) is 3.28. The summed E-state index contributed by atoms with van der Waals surface area (Å²) in [6.07, 6.45) is 1.66. The Balaban J connectivity index is 1.48. The van der Waals surface area contributed by atoms with Crippen molar-refractivity contribution in [2.45, 2.75) is 19.6 Å². The Labute approximate surface area is 181 Å². The number of ether oxygens (including phenoxy) is 5. The number of nitrogens with zero attached hydrogens (tertiary/aromatic N) is 2. The van der Waals surface area contributed by atoms with Gasteiger partial charge in [-0.05, 0) is 42.8 Å². The molecule has 1 aromatic carbocycles. The van der Waals surface area contributed by atoms with E-state index in [0.717, 1.165) is 28.3 Å². The molecule has 1 saturated heterocycles. The molecule has 0 spiro atoms. The van der Waals surface area contributed by atoms with Crippen molar-refractivity contribution < 1.29 is 23.7 Å². The zero-order valence-electron chi connectivity index (χ0n) is 17.7. The van der Waals surface area contributed by atoms with Gasteiger partial charge in [-0.2, -0.15) is 0 Å². The molecular formula is C24H26N2O5. The summed E-state index contributed by atoms with van der Waals surface area (Å²) in [5.41, 5.74) is 3.66.